The molecule has 0 unspecified atom stereocenters. The second kappa shape index (κ2) is 4.34. The van der Waals surface area contributed by atoms with Crippen molar-refractivity contribution in [1.82, 2.24) is 0 Å². The first-order chi connectivity index (χ1) is 7.97. The maximum absolute atomic E-state index is 11.5. The first-order valence-electron chi connectivity index (χ1n) is 5.80. The summed E-state index contributed by atoms with van der Waals surface area (Å²) in [7, 11) is 4.14. The second-order valence-corrected chi connectivity index (χ2v) is 4.91. The largest absolute Gasteiger partial charge is 0.423 e. The fraction of sp³-hybridized carbons (Fsp3) is 0.357. The van der Waals surface area contributed by atoms with E-state index in [1.54, 1.807) is 6.07 Å². The lowest BCUT2D eigenvalue weighted by Gasteiger charge is -2.10. The number of quaternary nitrogens is 1. The summed E-state index contributed by atoms with van der Waals surface area (Å²) in [5.41, 5.74) is 3.85. The lowest BCUT2D eigenvalue weighted by Crippen LogP contribution is -3.04. The van der Waals surface area contributed by atoms with Crippen molar-refractivity contribution in [2.45, 2.75) is 20.4 Å². The van der Waals surface area contributed by atoms with Gasteiger partial charge in [-0.15, -0.1) is 0 Å². The molecule has 0 fully saturated rings. The van der Waals surface area contributed by atoms with Crippen molar-refractivity contribution in [3.8, 4) is 0 Å². The number of hydrogen-bond donors (Lipinski definition) is 1. The third-order valence-electron chi connectivity index (χ3n) is 2.99. The summed E-state index contributed by atoms with van der Waals surface area (Å²) in [6.07, 6.45) is 0. The van der Waals surface area contributed by atoms with E-state index in [2.05, 4.69) is 27.1 Å². The molecule has 0 radical (unpaired) electrons. The van der Waals surface area contributed by atoms with Crippen LogP contribution in [0.3, 0.4) is 0 Å². The van der Waals surface area contributed by atoms with Crippen LogP contribution in [0.4, 0.5) is 0 Å². The fourth-order valence-corrected chi connectivity index (χ4v) is 2.01. The topological polar surface area (TPSA) is 34.6 Å². The summed E-state index contributed by atoms with van der Waals surface area (Å²) in [5.74, 6) is 0. The Morgan fingerprint density at radius 2 is 1.76 bits per heavy atom. The lowest BCUT2D eigenvalue weighted by atomic mass is 10.0. The minimum Gasteiger partial charge on any atom is -0.423 e. The molecule has 0 aliphatic carbocycles. The van der Waals surface area contributed by atoms with Crippen molar-refractivity contribution >= 4 is 11.0 Å². The molecule has 17 heavy (non-hydrogen) atoms. The van der Waals surface area contributed by atoms with Crippen molar-refractivity contribution in [1.29, 1.82) is 0 Å². The molecule has 1 aromatic heterocycles. The number of aryl methyl sites for hydroxylation is 2. The molecule has 3 heteroatoms. The predicted octanol–water partition coefficient (Wildman–Crippen LogP) is 1.05. The maximum atomic E-state index is 11.5. The lowest BCUT2D eigenvalue weighted by molar-refractivity contribution is -0.872. The minimum absolute atomic E-state index is 0.267. The van der Waals surface area contributed by atoms with Crippen LogP contribution >= 0.6 is 0 Å². The molecule has 0 saturated carbocycles. The van der Waals surface area contributed by atoms with Crippen LogP contribution < -0.4 is 10.5 Å². The number of benzene rings is 1. The molecular formula is C14H18NO2+. The Bertz CT molecular complexity index is 611. The molecule has 0 saturated heterocycles. The molecule has 0 aliphatic heterocycles. The maximum Gasteiger partial charge on any atom is 0.336 e. The van der Waals surface area contributed by atoms with E-state index in [1.807, 2.05) is 13.0 Å². The van der Waals surface area contributed by atoms with Crippen LogP contribution in [-0.4, -0.2) is 14.1 Å². The Kier molecular flexibility index (Phi) is 3.03. The highest BCUT2D eigenvalue weighted by Crippen LogP contribution is 2.20. The third kappa shape index (κ3) is 2.39. The monoisotopic (exact) mass is 232 g/mol. The molecule has 1 heterocycles. The van der Waals surface area contributed by atoms with Crippen LogP contribution in [0.2, 0.25) is 0 Å². The average Bonchev–Trinajstić information content (AvgIpc) is 2.20. The SMILES string of the molecule is Cc1cc2oc(=O)cc(C[NH+](C)C)c2cc1C. The average molecular weight is 232 g/mol. The van der Waals surface area contributed by atoms with Crippen LogP contribution in [0, 0.1) is 13.8 Å². The molecular weight excluding hydrogens is 214 g/mol. The summed E-state index contributed by atoms with van der Waals surface area (Å²) in [6, 6.07) is 5.65. The van der Waals surface area contributed by atoms with Gasteiger partial charge in [-0.25, -0.2) is 4.79 Å². The van der Waals surface area contributed by atoms with E-state index < -0.39 is 0 Å². The normalized spacial score (nSPS) is 11.4. The highest BCUT2D eigenvalue weighted by atomic mass is 16.4. The van der Waals surface area contributed by atoms with Crippen LogP contribution in [0.25, 0.3) is 11.0 Å². The zero-order valence-corrected chi connectivity index (χ0v) is 10.8. The van der Waals surface area contributed by atoms with Gasteiger partial charge in [0.2, 0.25) is 0 Å². The van der Waals surface area contributed by atoms with E-state index in [4.69, 9.17) is 4.42 Å². The van der Waals surface area contributed by atoms with Gasteiger partial charge < -0.3 is 9.32 Å². The summed E-state index contributed by atoms with van der Waals surface area (Å²) >= 11 is 0. The van der Waals surface area contributed by atoms with Gasteiger partial charge in [-0.05, 0) is 37.1 Å². The van der Waals surface area contributed by atoms with Gasteiger partial charge >= 0.3 is 5.63 Å². The van der Waals surface area contributed by atoms with E-state index in [1.165, 1.54) is 10.5 Å². The number of rotatable bonds is 2. The third-order valence-corrected chi connectivity index (χ3v) is 2.99. The van der Waals surface area contributed by atoms with Crippen molar-refractivity contribution in [3.05, 3.63) is 45.3 Å². The molecule has 0 bridgehead atoms. The first-order valence-corrected chi connectivity index (χ1v) is 5.80. The smallest absolute Gasteiger partial charge is 0.336 e. The Balaban J connectivity index is 2.73. The first kappa shape index (κ1) is 11.9. The molecule has 1 N–H and O–H groups in total. The van der Waals surface area contributed by atoms with Gasteiger partial charge in [0.05, 0.1) is 14.1 Å². The van der Waals surface area contributed by atoms with Gasteiger partial charge in [-0.2, -0.15) is 0 Å². The summed E-state index contributed by atoms with van der Waals surface area (Å²) < 4.78 is 5.25. The quantitative estimate of drug-likeness (QED) is 0.786. The van der Waals surface area contributed by atoms with Crippen LogP contribution in [0.15, 0.2) is 27.4 Å². The molecule has 3 nitrogen and oxygen atoms in total. The summed E-state index contributed by atoms with van der Waals surface area (Å²) in [5, 5.41) is 1.05. The van der Waals surface area contributed by atoms with Crippen LogP contribution in [0.1, 0.15) is 16.7 Å². The van der Waals surface area contributed by atoms with Crippen LogP contribution in [0.5, 0.6) is 0 Å². The molecule has 0 aliphatic rings. The highest BCUT2D eigenvalue weighted by molar-refractivity contribution is 5.81. The van der Waals surface area contributed by atoms with E-state index in [9.17, 15) is 4.79 Å². The Morgan fingerprint density at radius 3 is 2.41 bits per heavy atom. The van der Waals surface area contributed by atoms with Gasteiger partial charge in [-0.1, -0.05) is 0 Å². The van der Waals surface area contributed by atoms with Gasteiger partial charge in [0.25, 0.3) is 0 Å². The van der Waals surface area contributed by atoms with E-state index in [-0.39, 0.29) is 5.63 Å². The highest BCUT2D eigenvalue weighted by Gasteiger charge is 2.09. The molecule has 90 valence electrons. The van der Waals surface area contributed by atoms with Gasteiger partial charge in [0, 0.05) is 17.0 Å². The zero-order valence-electron chi connectivity index (χ0n) is 10.8. The molecule has 0 atom stereocenters. The van der Waals surface area contributed by atoms with E-state index in [0.717, 1.165) is 23.1 Å². The predicted molar refractivity (Wildman–Crippen MR) is 68.5 cm³/mol. The van der Waals surface area contributed by atoms with Crippen LogP contribution in [-0.2, 0) is 6.54 Å². The zero-order chi connectivity index (χ0) is 12.6. The Morgan fingerprint density at radius 1 is 1.12 bits per heavy atom. The van der Waals surface area contributed by atoms with Crippen molar-refractivity contribution in [2.75, 3.05) is 14.1 Å². The number of nitrogens with one attached hydrogen (secondary N) is 1. The Hall–Kier alpha value is -1.61. The summed E-state index contributed by atoms with van der Waals surface area (Å²) in [6.45, 7) is 4.93. The molecule has 0 amide bonds. The number of hydrogen-bond acceptors (Lipinski definition) is 2. The standard InChI is InChI=1S/C14H17NO2/c1-9-5-12-11(8-15(3)4)7-14(16)17-13(12)6-10(9)2/h5-7H,8H2,1-4H3/p+1. The van der Waals surface area contributed by atoms with Gasteiger partial charge in [-0.3, -0.25) is 0 Å². The minimum atomic E-state index is -0.267. The molecule has 0 spiro atoms. The number of fused-ring (bicyclic) bond motifs is 1. The molecule has 2 aromatic rings. The Labute approximate surface area is 101 Å². The van der Waals surface area contributed by atoms with E-state index >= 15 is 0 Å². The second-order valence-electron chi connectivity index (χ2n) is 4.91. The van der Waals surface area contributed by atoms with Crippen molar-refractivity contribution in [3.63, 3.8) is 0 Å². The molecule has 2 rings (SSSR count). The fourth-order valence-electron chi connectivity index (χ4n) is 2.01. The van der Waals surface area contributed by atoms with E-state index in [0.29, 0.717) is 5.58 Å². The summed E-state index contributed by atoms with van der Waals surface area (Å²) in [4.78, 5) is 12.8. The van der Waals surface area contributed by atoms with Gasteiger partial charge in [0.15, 0.2) is 0 Å². The van der Waals surface area contributed by atoms with Crippen molar-refractivity contribution < 1.29 is 9.32 Å². The van der Waals surface area contributed by atoms with Crippen molar-refractivity contribution in [2.24, 2.45) is 0 Å². The van der Waals surface area contributed by atoms with Gasteiger partial charge in [0.1, 0.15) is 12.1 Å². The molecule has 1 aromatic carbocycles.